The first-order valence-electron chi connectivity index (χ1n) is 7.62. The first-order valence-corrected chi connectivity index (χ1v) is 8.41. The molecule has 0 radical (unpaired) electrons. The summed E-state index contributed by atoms with van der Waals surface area (Å²) >= 11 is 3.54. The third-order valence-corrected chi connectivity index (χ3v) is 4.68. The molecule has 1 N–H and O–H groups in total. The predicted octanol–water partition coefficient (Wildman–Crippen LogP) is 4.11. The predicted molar refractivity (Wildman–Crippen MR) is 85.4 cm³/mol. The van der Waals surface area contributed by atoms with Crippen LogP contribution in [0.3, 0.4) is 0 Å². The van der Waals surface area contributed by atoms with Crippen LogP contribution in [0.25, 0.3) is 0 Å². The summed E-state index contributed by atoms with van der Waals surface area (Å²) in [6.45, 7) is 6.46. The normalized spacial score (nSPS) is 18.1. The number of rotatable bonds is 6. The van der Waals surface area contributed by atoms with Crippen molar-refractivity contribution in [2.24, 2.45) is 0 Å². The molecule has 0 amide bonds. The summed E-state index contributed by atoms with van der Waals surface area (Å²) in [4.78, 5) is 2.53. The van der Waals surface area contributed by atoms with Crippen molar-refractivity contribution in [2.75, 3.05) is 26.2 Å². The molecule has 2 nitrogen and oxygen atoms in total. The Balaban J connectivity index is 2.15. The van der Waals surface area contributed by atoms with Gasteiger partial charge < -0.3 is 5.32 Å². The van der Waals surface area contributed by atoms with Gasteiger partial charge in [0.25, 0.3) is 0 Å². The molecule has 112 valence electrons. The molecular formula is C16H24BrFN2. The van der Waals surface area contributed by atoms with Gasteiger partial charge in [0.1, 0.15) is 5.82 Å². The summed E-state index contributed by atoms with van der Waals surface area (Å²) < 4.78 is 14.2. The van der Waals surface area contributed by atoms with Crippen LogP contribution in [0.4, 0.5) is 4.39 Å². The fourth-order valence-electron chi connectivity index (χ4n) is 2.89. The van der Waals surface area contributed by atoms with E-state index in [2.05, 4.69) is 33.1 Å². The molecule has 0 saturated carbocycles. The minimum Gasteiger partial charge on any atom is -0.314 e. The van der Waals surface area contributed by atoms with Gasteiger partial charge in [-0.25, -0.2) is 4.39 Å². The molecule has 1 fully saturated rings. The molecule has 0 unspecified atom stereocenters. The molecule has 0 spiro atoms. The van der Waals surface area contributed by atoms with Crippen molar-refractivity contribution < 1.29 is 4.39 Å². The van der Waals surface area contributed by atoms with Gasteiger partial charge in [0, 0.05) is 36.7 Å². The van der Waals surface area contributed by atoms with E-state index in [9.17, 15) is 4.39 Å². The Morgan fingerprint density at radius 2 is 2.05 bits per heavy atom. The minimum atomic E-state index is -0.173. The highest BCUT2D eigenvalue weighted by Crippen LogP contribution is 2.32. The maximum absolute atomic E-state index is 13.3. The monoisotopic (exact) mass is 342 g/mol. The van der Waals surface area contributed by atoms with Gasteiger partial charge in [-0.1, -0.05) is 48.2 Å². The molecule has 4 heteroatoms. The van der Waals surface area contributed by atoms with Gasteiger partial charge in [-0.05, 0) is 24.1 Å². The van der Waals surface area contributed by atoms with E-state index in [1.807, 2.05) is 6.07 Å². The second kappa shape index (κ2) is 8.11. The van der Waals surface area contributed by atoms with Crippen LogP contribution >= 0.6 is 15.9 Å². The number of hydrogen-bond donors (Lipinski definition) is 1. The Morgan fingerprint density at radius 3 is 2.70 bits per heavy atom. The van der Waals surface area contributed by atoms with Gasteiger partial charge in [-0.15, -0.1) is 0 Å². The number of piperazine rings is 1. The fourth-order valence-corrected chi connectivity index (χ4v) is 3.50. The Hall–Kier alpha value is -0.450. The molecule has 1 atom stereocenters. The topological polar surface area (TPSA) is 15.3 Å². The van der Waals surface area contributed by atoms with Crippen LogP contribution in [0.15, 0.2) is 22.7 Å². The molecule has 20 heavy (non-hydrogen) atoms. The van der Waals surface area contributed by atoms with E-state index in [-0.39, 0.29) is 5.82 Å². The highest BCUT2D eigenvalue weighted by atomic mass is 79.9. The Morgan fingerprint density at radius 1 is 1.30 bits per heavy atom. The molecule has 1 heterocycles. The quantitative estimate of drug-likeness (QED) is 0.782. The van der Waals surface area contributed by atoms with Crippen molar-refractivity contribution in [3.8, 4) is 0 Å². The summed E-state index contributed by atoms with van der Waals surface area (Å²) in [5.41, 5.74) is 1.23. The second-order valence-corrected chi connectivity index (χ2v) is 6.32. The summed E-state index contributed by atoms with van der Waals surface area (Å²) in [5, 5.41) is 3.40. The molecule has 2 rings (SSSR count). The lowest BCUT2D eigenvalue weighted by molar-refractivity contribution is 0.162. The summed E-state index contributed by atoms with van der Waals surface area (Å²) in [5.74, 6) is -0.173. The van der Waals surface area contributed by atoms with Gasteiger partial charge in [0.15, 0.2) is 0 Å². The molecule has 1 aliphatic rings. The highest BCUT2D eigenvalue weighted by Gasteiger charge is 2.23. The van der Waals surface area contributed by atoms with E-state index >= 15 is 0 Å². The fraction of sp³-hybridized carbons (Fsp3) is 0.625. The number of unbranched alkanes of at least 4 members (excludes halogenated alkanes) is 2. The van der Waals surface area contributed by atoms with Crippen LogP contribution in [0.1, 0.15) is 44.2 Å². The van der Waals surface area contributed by atoms with E-state index in [0.717, 1.165) is 37.1 Å². The first kappa shape index (κ1) is 15.9. The number of hydrogen-bond acceptors (Lipinski definition) is 2. The zero-order valence-electron chi connectivity index (χ0n) is 12.2. The highest BCUT2D eigenvalue weighted by molar-refractivity contribution is 9.10. The van der Waals surface area contributed by atoms with Crippen molar-refractivity contribution in [1.29, 1.82) is 0 Å². The summed E-state index contributed by atoms with van der Waals surface area (Å²) in [6.07, 6.45) is 4.88. The van der Waals surface area contributed by atoms with Crippen LogP contribution in [-0.4, -0.2) is 31.1 Å². The summed E-state index contributed by atoms with van der Waals surface area (Å²) in [6, 6.07) is 5.51. The van der Waals surface area contributed by atoms with Gasteiger partial charge in [-0.2, -0.15) is 0 Å². The van der Waals surface area contributed by atoms with E-state index < -0.39 is 0 Å². The number of nitrogens with zero attached hydrogens (tertiary/aromatic N) is 1. The number of nitrogens with one attached hydrogen (secondary N) is 1. The maximum atomic E-state index is 13.3. The van der Waals surface area contributed by atoms with Crippen molar-refractivity contribution in [2.45, 2.75) is 38.6 Å². The van der Waals surface area contributed by atoms with E-state index in [1.54, 1.807) is 12.1 Å². The largest absolute Gasteiger partial charge is 0.314 e. The molecule has 0 aliphatic carbocycles. The van der Waals surface area contributed by atoms with Gasteiger partial charge in [0.2, 0.25) is 0 Å². The molecule has 1 aliphatic heterocycles. The van der Waals surface area contributed by atoms with Crippen LogP contribution < -0.4 is 5.32 Å². The third-order valence-electron chi connectivity index (χ3n) is 3.99. The van der Waals surface area contributed by atoms with Crippen LogP contribution in [0, 0.1) is 5.82 Å². The zero-order valence-corrected chi connectivity index (χ0v) is 13.8. The maximum Gasteiger partial charge on any atom is 0.124 e. The molecule has 0 bridgehead atoms. The van der Waals surface area contributed by atoms with Crippen molar-refractivity contribution in [1.82, 2.24) is 10.2 Å². The summed E-state index contributed by atoms with van der Waals surface area (Å²) in [7, 11) is 0. The Kier molecular flexibility index (Phi) is 6.46. The van der Waals surface area contributed by atoms with Crippen LogP contribution in [0.5, 0.6) is 0 Å². The SMILES string of the molecule is CCCCC[C@H](c1ccc(F)cc1Br)N1CCNCC1. The van der Waals surface area contributed by atoms with Crippen molar-refractivity contribution in [3.63, 3.8) is 0 Å². The lowest BCUT2D eigenvalue weighted by Gasteiger charge is -2.36. The van der Waals surface area contributed by atoms with E-state index in [4.69, 9.17) is 0 Å². The average molecular weight is 343 g/mol. The molecule has 1 aromatic carbocycles. The lowest BCUT2D eigenvalue weighted by atomic mass is 9.98. The third kappa shape index (κ3) is 4.27. The van der Waals surface area contributed by atoms with Crippen molar-refractivity contribution in [3.05, 3.63) is 34.1 Å². The van der Waals surface area contributed by atoms with Gasteiger partial charge in [-0.3, -0.25) is 4.90 Å². The number of benzene rings is 1. The molecule has 1 aromatic rings. The van der Waals surface area contributed by atoms with Crippen LogP contribution in [-0.2, 0) is 0 Å². The Bertz CT molecular complexity index is 419. The van der Waals surface area contributed by atoms with Gasteiger partial charge >= 0.3 is 0 Å². The Labute approximate surface area is 129 Å². The van der Waals surface area contributed by atoms with Crippen molar-refractivity contribution >= 4 is 15.9 Å². The minimum absolute atomic E-state index is 0.173. The molecule has 0 aromatic heterocycles. The smallest absolute Gasteiger partial charge is 0.124 e. The standard InChI is InChI=1S/C16H24BrFN2/c1-2-3-4-5-16(20-10-8-19-9-11-20)14-7-6-13(18)12-15(14)17/h6-7,12,16,19H,2-5,8-11H2,1H3/t16-/m1/s1. The zero-order chi connectivity index (χ0) is 14.4. The van der Waals surface area contributed by atoms with E-state index in [0.29, 0.717) is 6.04 Å². The molecule has 1 saturated heterocycles. The van der Waals surface area contributed by atoms with E-state index in [1.165, 1.54) is 24.8 Å². The van der Waals surface area contributed by atoms with Gasteiger partial charge in [0.05, 0.1) is 0 Å². The average Bonchev–Trinajstić information content (AvgIpc) is 2.46. The first-order chi connectivity index (χ1) is 9.72. The number of halogens is 2. The second-order valence-electron chi connectivity index (χ2n) is 5.46. The lowest BCUT2D eigenvalue weighted by Crippen LogP contribution is -2.45. The van der Waals surface area contributed by atoms with Crippen LogP contribution in [0.2, 0.25) is 0 Å². The molecular weight excluding hydrogens is 319 g/mol.